The van der Waals surface area contributed by atoms with E-state index in [-0.39, 0.29) is 11.4 Å². The number of hydrogen-bond acceptors (Lipinski definition) is 2. The van der Waals surface area contributed by atoms with Crippen molar-refractivity contribution in [1.29, 1.82) is 0 Å². The molecule has 0 aromatic rings. The van der Waals surface area contributed by atoms with E-state index in [9.17, 15) is 4.79 Å². The Labute approximate surface area is 141 Å². The van der Waals surface area contributed by atoms with Crippen molar-refractivity contribution in [2.45, 2.75) is 72.1 Å². The number of methoxy groups -OCH3 is 1. The monoisotopic (exact) mass is 316 g/mol. The minimum Gasteiger partial charge on any atom is -0.469 e. The Morgan fingerprint density at radius 1 is 1.17 bits per heavy atom. The molecule has 0 N–H and O–H groups in total. The molecule has 1 spiro atoms. The quantitative estimate of drug-likeness (QED) is 0.495. The van der Waals surface area contributed by atoms with Gasteiger partial charge in [0.2, 0.25) is 0 Å². The lowest BCUT2D eigenvalue weighted by Gasteiger charge is -2.65. The van der Waals surface area contributed by atoms with Gasteiger partial charge in [-0.15, -0.1) is 0 Å². The molecule has 2 heteroatoms. The van der Waals surface area contributed by atoms with Crippen LogP contribution in [0.4, 0.5) is 0 Å². The molecule has 2 bridgehead atoms. The minimum absolute atomic E-state index is 0.0420. The topological polar surface area (TPSA) is 26.3 Å². The molecular formula is C21H32O2. The fraction of sp³-hybridized carbons (Fsp3) is 0.857. The molecule has 4 rings (SSSR count). The Bertz CT molecular complexity index is 564. The average molecular weight is 316 g/mol. The number of fused-ring (bicyclic) bond motifs is 2. The number of ether oxygens (including phenoxy) is 1. The Balaban J connectivity index is 1.79. The molecular weight excluding hydrogens is 284 g/mol. The maximum absolute atomic E-state index is 12.7. The highest BCUT2D eigenvalue weighted by Gasteiger charge is 2.67. The number of rotatable bonds is 1. The van der Waals surface area contributed by atoms with Crippen LogP contribution in [0.15, 0.2) is 11.6 Å². The van der Waals surface area contributed by atoms with Crippen LogP contribution in [-0.2, 0) is 9.53 Å². The Hall–Kier alpha value is -0.790. The first-order valence-electron chi connectivity index (χ1n) is 9.64. The Morgan fingerprint density at radius 3 is 2.70 bits per heavy atom. The molecule has 6 atom stereocenters. The van der Waals surface area contributed by atoms with Crippen molar-refractivity contribution >= 4 is 5.97 Å². The zero-order chi connectivity index (χ0) is 16.5. The molecule has 1 unspecified atom stereocenters. The fourth-order valence-electron chi connectivity index (χ4n) is 7.65. The second-order valence-electron chi connectivity index (χ2n) is 9.42. The molecule has 0 aromatic heterocycles. The third kappa shape index (κ3) is 1.79. The number of esters is 1. The van der Waals surface area contributed by atoms with Crippen molar-refractivity contribution in [2.75, 3.05) is 7.11 Å². The average Bonchev–Trinajstić information content (AvgIpc) is 2.92. The van der Waals surface area contributed by atoms with E-state index in [1.807, 2.05) is 0 Å². The van der Waals surface area contributed by atoms with Crippen LogP contribution in [0.5, 0.6) is 0 Å². The molecule has 128 valence electrons. The van der Waals surface area contributed by atoms with Gasteiger partial charge >= 0.3 is 5.97 Å². The summed E-state index contributed by atoms with van der Waals surface area (Å²) in [5, 5.41) is 0. The Kier molecular flexibility index (Phi) is 3.32. The van der Waals surface area contributed by atoms with Crippen LogP contribution in [0.25, 0.3) is 0 Å². The van der Waals surface area contributed by atoms with E-state index in [0.717, 1.165) is 18.3 Å². The SMILES string of the molecule is COC(=O)[C@]1(C)CCC[C@@]2(C)C1CC[C@H]1C=C(C)[C@H]3CC[C@@]12C3. The van der Waals surface area contributed by atoms with Gasteiger partial charge in [0, 0.05) is 0 Å². The standard InChI is InChI=1S/C21H32O2/c1-14-12-16-6-7-17-19(2,18(22)23-4)9-5-10-20(17,3)21(16)11-8-15(14)13-21/h12,15-17H,5-11,13H2,1-4H3/t15-,16-,17?,19+,20-,21+/m0/s1. The summed E-state index contributed by atoms with van der Waals surface area (Å²) >= 11 is 0. The van der Waals surface area contributed by atoms with Crippen LogP contribution < -0.4 is 0 Å². The van der Waals surface area contributed by atoms with Gasteiger partial charge in [0.25, 0.3) is 0 Å². The van der Waals surface area contributed by atoms with Crippen molar-refractivity contribution in [3.63, 3.8) is 0 Å². The predicted octanol–water partition coefficient (Wildman–Crippen LogP) is 5.13. The fourth-order valence-corrected chi connectivity index (χ4v) is 7.65. The zero-order valence-electron chi connectivity index (χ0n) is 15.3. The van der Waals surface area contributed by atoms with Crippen molar-refractivity contribution in [1.82, 2.24) is 0 Å². The van der Waals surface area contributed by atoms with Crippen molar-refractivity contribution in [3.8, 4) is 0 Å². The van der Waals surface area contributed by atoms with E-state index < -0.39 is 0 Å². The predicted molar refractivity (Wildman–Crippen MR) is 91.8 cm³/mol. The summed E-state index contributed by atoms with van der Waals surface area (Å²) < 4.78 is 5.27. The van der Waals surface area contributed by atoms with Gasteiger partial charge in [-0.1, -0.05) is 25.0 Å². The summed E-state index contributed by atoms with van der Waals surface area (Å²) in [4.78, 5) is 12.7. The highest BCUT2D eigenvalue weighted by atomic mass is 16.5. The molecule has 0 aliphatic heterocycles. The molecule has 0 radical (unpaired) electrons. The zero-order valence-corrected chi connectivity index (χ0v) is 15.3. The van der Waals surface area contributed by atoms with E-state index >= 15 is 0 Å². The second kappa shape index (κ2) is 4.86. The van der Waals surface area contributed by atoms with Crippen LogP contribution in [0.2, 0.25) is 0 Å². The van der Waals surface area contributed by atoms with Gasteiger partial charge in [0.1, 0.15) is 0 Å². The summed E-state index contributed by atoms with van der Waals surface area (Å²) in [7, 11) is 1.57. The summed E-state index contributed by atoms with van der Waals surface area (Å²) in [6.45, 7) is 7.10. The molecule has 23 heavy (non-hydrogen) atoms. The van der Waals surface area contributed by atoms with E-state index in [2.05, 4.69) is 26.8 Å². The van der Waals surface area contributed by atoms with E-state index in [0.29, 0.717) is 16.7 Å². The van der Waals surface area contributed by atoms with Gasteiger partial charge in [0.15, 0.2) is 0 Å². The van der Waals surface area contributed by atoms with Crippen molar-refractivity contribution in [3.05, 3.63) is 11.6 Å². The highest BCUT2D eigenvalue weighted by Crippen LogP contribution is 2.73. The third-order valence-corrected chi connectivity index (χ3v) is 8.85. The van der Waals surface area contributed by atoms with Crippen LogP contribution in [-0.4, -0.2) is 13.1 Å². The summed E-state index contributed by atoms with van der Waals surface area (Å²) in [6, 6.07) is 0. The number of carbonyl (C=O) groups excluding carboxylic acids is 1. The molecule has 3 saturated carbocycles. The van der Waals surface area contributed by atoms with Crippen molar-refractivity contribution < 1.29 is 9.53 Å². The third-order valence-electron chi connectivity index (χ3n) is 8.85. The lowest BCUT2D eigenvalue weighted by atomic mass is 9.39. The van der Waals surface area contributed by atoms with Crippen molar-refractivity contribution in [2.24, 2.45) is 34.0 Å². The Morgan fingerprint density at radius 2 is 1.96 bits per heavy atom. The van der Waals surface area contributed by atoms with Gasteiger partial charge < -0.3 is 4.74 Å². The first-order chi connectivity index (χ1) is 10.9. The molecule has 0 aromatic carbocycles. The van der Waals surface area contributed by atoms with Gasteiger partial charge in [-0.25, -0.2) is 0 Å². The lowest BCUT2D eigenvalue weighted by molar-refractivity contribution is -0.186. The normalized spacial score (nSPS) is 51.5. The molecule has 2 nitrogen and oxygen atoms in total. The van der Waals surface area contributed by atoms with Gasteiger partial charge in [-0.3, -0.25) is 4.79 Å². The summed E-state index contributed by atoms with van der Waals surface area (Å²) in [6.07, 6.45) is 12.7. The second-order valence-corrected chi connectivity index (χ2v) is 9.42. The van der Waals surface area contributed by atoms with Crippen LogP contribution in [0.1, 0.15) is 72.1 Å². The van der Waals surface area contributed by atoms with Gasteiger partial charge in [0.05, 0.1) is 12.5 Å². The van der Waals surface area contributed by atoms with Crippen LogP contribution >= 0.6 is 0 Å². The largest absolute Gasteiger partial charge is 0.469 e. The molecule has 0 saturated heterocycles. The first kappa shape index (κ1) is 15.7. The molecule has 4 aliphatic rings. The smallest absolute Gasteiger partial charge is 0.311 e. The van der Waals surface area contributed by atoms with E-state index in [1.54, 1.807) is 12.7 Å². The maximum Gasteiger partial charge on any atom is 0.311 e. The number of hydrogen-bond donors (Lipinski definition) is 0. The number of allylic oxidation sites excluding steroid dienone is 2. The highest BCUT2D eigenvalue weighted by molar-refractivity contribution is 5.77. The van der Waals surface area contributed by atoms with E-state index in [4.69, 9.17) is 4.74 Å². The van der Waals surface area contributed by atoms with Crippen LogP contribution in [0, 0.1) is 34.0 Å². The molecule has 0 heterocycles. The number of carbonyl (C=O) groups is 1. The summed E-state index contributed by atoms with van der Waals surface area (Å²) in [5.41, 5.74) is 2.14. The molecule has 3 fully saturated rings. The first-order valence-corrected chi connectivity index (χ1v) is 9.64. The summed E-state index contributed by atoms with van der Waals surface area (Å²) in [5.74, 6) is 2.11. The van der Waals surface area contributed by atoms with Crippen LogP contribution in [0.3, 0.4) is 0 Å². The molecule has 0 amide bonds. The van der Waals surface area contributed by atoms with E-state index in [1.165, 1.54) is 44.9 Å². The molecule has 4 aliphatic carbocycles. The lowest BCUT2D eigenvalue weighted by Crippen LogP contribution is -2.60. The van der Waals surface area contributed by atoms with Gasteiger partial charge in [-0.2, -0.15) is 0 Å². The van der Waals surface area contributed by atoms with Gasteiger partial charge in [-0.05, 0) is 87.4 Å². The maximum atomic E-state index is 12.7. The minimum atomic E-state index is -0.268.